The van der Waals surface area contributed by atoms with E-state index in [0.29, 0.717) is 0 Å². The fourth-order valence-corrected chi connectivity index (χ4v) is 25.3. The molecule has 30 aromatic rings. The van der Waals surface area contributed by atoms with Crippen molar-refractivity contribution in [3.05, 3.63) is 437 Å². The molecule has 0 aliphatic carbocycles. The summed E-state index contributed by atoms with van der Waals surface area (Å²) >= 11 is 7.43. The van der Waals surface area contributed by atoms with Crippen molar-refractivity contribution in [3.63, 3.8) is 0 Å². The maximum absolute atomic E-state index is 6.86. The van der Waals surface area contributed by atoms with Gasteiger partial charge in [-0.25, -0.2) is 0 Å². The van der Waals surface area contributed by atoms with Crippen molar-refractivity contribution in [1.29, 1.82) is 0 Å². The van der Waals surface area contributed by atoms with Crippen LogP contribution in [-0.4, -0.2) is 0 Å². The minimum atomic E-state index is 0.883. The first-order valence-corrected chi connectivity index (χ1v) is 48.8. The van der Waals surface area contributed by atoms with E-state index in [9.17, 15) is 0 Å². The summed E-state index contributed by atoms with van der Waals surface area (Å²) in [5.74, 6) is 0. The predicted octanol–water partition coefficient (Wildman–Crippen LogP) is 39.0. The largest absolute Gasteiger partial charge is 0.456 e. The lowest BCUT2D eigenvalue weighted by molar-refractivity contribution is 0.668. The summed E-state index contributed by atoms with van der Waals surface area (Å²) < 4.78 is 43.2. The quantitative estimate of drug-likeness (QED) is 0.144. The summed E-state index contributed by atoms with van der Waals surface area (Å²) in [7, 11) is 0. The molecule has 0 aliphatic rings. The summed E-state index contributed by atoms with van der Waals surface area (Å²) in [5, 5.41) is 21.8. The standard InChI is InChI=1S/2C42H24O2S.C42H24OS2/c1-3-15-36-31(8-1)32-23-22-27(24-37(32)43-36)30-12-6-14-34-33-13-5-11-29(41(33)44-42(30)34)26-20-18-25(19-21-26)28-10-7-17-39-40(28)35-9-2-4-16-38(35)45-39;1-3-13-37-31(7-1)36-23-28(20-22-38(36)43-37)30-10-6-12-35-34-11-5-9-29(41(34)44-42(30)35)26-17-15-25(16-18-26)27-19-21-33-32-8-2-4-14-39(32)45-40(33)24-27;1-2-8-25(9-3-1)26-16-19-32-36-23-28(18-21-39(36)45-40(32)24-26)30-12-7-14-34-33-13-6-11-29(41(33)43-42(30)34)27-17-20-38-35(22-27)31-10-4-5-15-37(31)44-38/h3*1-24H. The second kappa shape index (κ2) is 31.1. The Morgan fingerprint density at radius 3 is 0.896 bits per heavy atom. The van der Waals surface area contributed by atoms with E-state index < -0.39 is 0 Å². The average Bonchev–Trinajstić information content (AvgIpc) is 1.60. The molecule has 0 spiro atoms. The number of rotatable bonds is 9. The van der Waals surface area contributed by atoms with Crippen molar-refractivity contribution >= 4 is 236 Å². The first-order valence-electron chi connectivity index (χ1n) is 45.5. The molecule has 0 aliphatic heterocycles. The highest BCUT2D eigenvalue weighted by Crippen LogP contribution is 2.50. The normalized spacial score (nSPS) is 12.0. The van der Waals surface area contributed by atoms with Crippen molar-refractivity contribution < 1.29 is 22.1 Å². The van der Waals surface area contributed by atoms with Crippen LogP contribution in [-0.2, 0) is 0 Å². The minimum Gasteiger partial charge on any atom is -0.456 e. The molecule has 0 atom stereocenters. The Bertz CT molecular complexity index is 10100. The molecule has 135 heavy (non-hydrogen) atoms. The first kappa shape index (κ1) is 77.3. The van der Waals surface area contributed by atoms with Gasteiger partial charge in [-0.05, 0) is 164 Å². The van der Waals surface area contributed by atoms with Crippen LogP contribution < -0.4 is 0 Å². The van der Waals surface area contributed by atoms with Gasteiger partial charge in [0.2, 0.25) is 0 Å². The van der Waals surface area contributed by atoms with Gasteiger partial charge in [-0.1, -0.05) is 340 Å². The van der Waals surface area contributed by atoms with Crippen molar-refractivity contribution in [3.8, 4) is 100 Å². The molecule has 0 saturated carbocycles. The smallest absolute Gasteiger partial charge is 0.143 e. The summed E-state index contributed by atoms with van der Waals surface area (Å²) in [6.07, 6.45) is 0. The van der Waals surface area contributed by atoms with Gasteiger partial charge in [0.1, 0.15) is 55.8 Å². The molecular weight excluding hydrogens is 1720 g/mol. The van der Waals surface area contributed by atoms with Crippen molar-refractivity contribution in [1.82, 2.24) is 0 Å². The SMILES string of the molecule is c1ccc(-c2ccc3c(c2)sc2ccc(-c4cccc5c4oc4c(-c6ccc7sc8ccccc8c7c6)cccc45)cc23)cc1.c1ccc2c(c1)oc1cc(-c3cccc4c3oc3c(-c5ccc(-c6cccc7sc8ccccc8c67)cc5)cccc34)ccc12.c1ccc2c(c1)oc1ccc(-c3cccc4c3oc3c(-c5ccc(-c6ccc7c(c6)sc6ccccc67)cc5)cccc34)cc12. The van der Waals surface area contributed by atoms with Crippen molar-refractivity contribution in [2.75, 3.05) is 0 Å². The summed E-state index contributed by atoms with van der Waals surface area (Å²) in [4.78, 5) is 0. The average molecular weight is 1790 g/mol. The fourth-order valence-electron chi connectivity index (χ4n) is 20.9. The molecule has 630 valence electrons. The molecule has 21 aromatic carbocycles. The van der Waals surface area contributed by atoms with Gasteiger partial charge in [-0.15, -0.1) is 45.3 Å². The molecule has 0 saturated heterocycles. The summed E-state index contributed by atoms with van der Waals surface area (Å²) in [6, 6.07) is 157. The summed E-state index contributed by atoms with van der Waals surface area (Å²) in [5.41, 5.74) is 29.9. The van der Waals surface area contributed by atoms with Gasteiger partial charge in [0, 0.05) is 168 Å². The van der Waals surface area contributed by atoms with Crippen LogP contribution in [0.2, 0.25) is 0 Å². The molecule has 9 heterocycles. The van der Waals surface area contributed by atoms with Crippen LogP contribution in [0.25, 0.3) is 291 Å². The zero-order chi connectivity index (χ0) is 88.5. The van der Waals surface area contributed by atoms with Crippen LogP contribution in [0.15, 0.2) is 459 Å². The highest BCUT2D eigenvalue weighted by atomic mass is 32.1. The Hall–Kier alpha value is -16.5. The van der Waals surface area contributed by atoms with Crippen LogP contribution in [0, 0.1) is 0 Å². The summed E-state index contributed by atoms with van der Waals surface area (Å²) in [6.45, 7) is 0. The zero-order valence-corrected chi connectivity index (χ0v) is 75.5. The Balaban J connectivity index is 0.000000101. The van der Waals surface area contributed by atoms with Gasteiger partial charge in [0.15, 0.2) is 0 Å². The second-order valence-electron chi connectivity index (χ2n) is 35.0. The molecule has 9 aromatic heterocycles. The lowest BCUT2D eigenvalue weighted by Crippen LogP contribution is -1.82. The van der Waals surface area contributed by atoms with Gasteiger partial charge in [-0.3, -0.25) is 0 Å². The number of hydrogen-bond donors (Lipinski definition) is 0. The Labute approximate surface area is 788 Å². The van der Waals surface area contributed by atoms with E-state index in [1.54, 1.807) is 0 Å². The van der Waals surface area contributed by atoms with Gasteiger partial charge in [-0.2, -0.15) is 0 Å². The molecule has 0 bridgehead atoms. The lowest BCUT2D eigenvalue weighted by Gasteiger charge is -2.08. The lowest BCUT2D eigenvalue weighted by atomic mass is 9.96. The highest BCUT2D eigenvalue weighted by molar-refractivity contribution is 7.27. The molecule has 0 amide bonds. The van der Waals surface area contributed by atoms with E-state index in [1.807, 2.05) is 69.6 Å². The first-order chi connectivity index (χ1) is 66.9. The van der Waals surface area contributed by atoms with Gasteiger partial charge in [0.25, 0.3) is 0 Å². The Morgan fingerprint density at radius 2 is 0.393 bits per heavy atom. The number of hydrogen-bond acceptors (Lipinski definition) is 9. The van der Waals surface area contributed by atoms with Crippen molar-refractivity contribution in [2.24, 2.45) is 0 Å². The monoisotopic (exact) mass is 1790 g/mol. The van der Waals surface area contributed by atoms with Crippen LogP contribution in [0.5, 0.6) is 0 Å². The molecular formula is C126H72O5S4. The van der Waals surface area contributed by atoms with E-state index >= 15 is 0 Å². The van der Waals surface area contributed by atoms with E-state index in [-0.39, 0.29) is 0 Å². The molecule has 9 heteroatoms. The van der Waals surface area contributed by atoms with Gasteiger partial charge < -0.3 is 22.1 Å². The third-order valence-corrected chi connectivity index (χ3v) is 31.9. The third-order valence-electron chi connectivity index (χ3n) is 27.3. The molecule has 30 rings (SSSR count). The van der Waals surface area contributed by atoms with Crippen LogP contribution in [0.4, 0.5) is 0 Å². The molecule has 0 radical (unpaired) electrons. The fraction of sp³-hybridized carbons (Fsp3) is 0. The van der Waals surface area contributed by atoms with Crippen molar-refractivity contribution in [2.45, 2.75) is 0 Å². The van der Waals surface area contributed by atoms with Gasteiger partial charge in [0.05, 0.1) is 0 Å². The number of furan rings is 5. The molecule has 0 unspecified atom stereocenters. The second-order valence-corrected chi connectivity index (χ2v) is 39.3. The van der Waals surface area contributed by atoms with E-state index in [1.165, 1.54) is 125 Å². The van der Waals surface area contributed by atoms with Crippen LogP contribution in [0.1, 0.15) is 0 Å². The molecule has 0 N–H and O–H groups in total. The van der Waals surface area contributed by atoms with Crippen LogP contribution in [0.3, 0.4) is 0 Å². The number of thiophene rings is 4. The third kappa shape index (κ3) is 12.8. The number of para-hydroxylation sites is 8. The maximum Gasteiger partial charge on any atom is 0.143 e. The van der Waals surface area contributed by atoms with Crippen LogP contribution >= 0.6 is 45.3 Å². The Kier molecular flexibility index (Phi) is 17.8. The topological polar surface area (TPSA) is 65.7 Å². The number of benzene rings is 21. The zero-order valence-electron chi connectivity index (χ0n) is 72.2. The van der Waals surface area contributed by atoms with E-state index in [0.717, 1.165) is 165 Å². The number of fused-ring (bicyclic) bond motifs is 27. The molecule has 5 nitrogen and oxygen atoms in total. The minimum absolute atomic E-state index is 0.883. The predicted molar refractivity (Wildman–Crippen MR) is 576 cm³/mol. The Morgan fingerprint density at radius 1 is 0.119 bits per heavy atom. The van der Waals surface area contributed by atoms with E-state index in [4.69, 9.17) is 22.1 Å². The highest BCUT2D eigenvalue weighted by Gasteiger charge is 2.24. The molecule has 0 fully saturated rings. The maximum atomic E-state index is 6.86. The van der Waals surface area contributed by atoms with Gasteiger partial charge >= 0.3 is 0 Å². The van der Waals surface area contributed by atoms with E-state index in [2.05, 4.69) is 413 Å².